The first kappa shape index (κ1) is 19.8. The molecule has 5 rings (SSSR count). The maximum absolute atomic E-state index is 13.7. The Morgan fingerprint density at radius 3 is 2.25 bits per heavy atom. The molecule has 0 saturated heterocycles. The average molecular weight is 418 g/mol. The van der Waals surface area contributed by atoms with Crippen LogP contribution in [0.3, 0.4) is 0 Å². The molecule has 0 unspecified atom stereocenters. The van der Waals surface area contributed by atoms with E-state index in [1.54, 1.807) is 0 Å². The van der Waals surface area contributed by atoms with E-state index in [-0.39, 0.29) is 11.8 Å². The largest absolute Gasteiger partial charge is 0.350 e. The normalized spacial score (nSPS) is 13.9. The highest BCUT2D eigenvalue weighted by molar-refractivity contribution is 6.47. The molecule has 4 nitrogen and oxygen atoms in total. The summed E-state index contributed by atoms with van der Waals surface area (Å²) in [7, 11) is 0. The van der Waals surface area contributed by atoms with Crippen molar-refractivity contribution in [1.82, 2.24) is 0 Å². The number of carbonyl (C=O) groups excluding carboxylic acids is 2. The Hall–Kier alpha value is -4.18. The number of anilines is 2. The van der Waals surface area contributed by atoms with Gasteiger partial charge in [-0.25, -0.2) is 4.90 Å². The van der Waals surface area contributed by atoms with Gasteiger partial charge in [0.2, 0.25) is 0 Å². The Balaban J connectivity index is 1.68. The van der Waals surface area contributed by atoms with Crippen LogP contribution in [0.25, 0.3) is 16.3 Å². The van der Waals surface area contributed by atoms with Gasteiger partial charge >= 0.3 is 0 Å². The van der Waals surface area contributed by atoms with E-state index in [0.29, 0.717) is 22.5 Å². The van der Waals surface area contributed by atoms with Crippen LogP contribution in [0.4, 0.5) is 11.4 Å². The van der Waals surface area contributed by atoms with Gasteiger partial charge in [0.25, 0.3) is 11.8 Å². The fourth-order valence-corrected chi connectivity index (χ4v) is 4.15. The van der Waals surface area contributed by atoms with Gasteiger partial charge in [-0.05, 0) is 48.1 Å². The molecule has 0 spiro atoms. The first-order valence-electron chi connectivity index (χ1n) is 10.5. The van der Waals surface area contributed by atoms with E-state index in [1.807, 2.05) is 105 Å². The molecule has 0 bridgehead atoms. The van der Waals surface area contributed by atoms with E-state index < -0.39 is 0 Å². The zero-order chi connectivity index (χ0) is 22.2. The second-order valence-electron chi connectivity index (χ2n) is 8.00. The van der Waals surface area contributed by atoms with Crippen LogP contribution in [0, 0.1) is 13.8 Å². The zero-order valence-electron chi connectivity index (χ0n) is 17.9. The third-order valence-electron chi connectivity index (χ3n) is 5.81. The molecule has 0 saturated carbocycles. The number of benzene rings is 4. The number of fused-ring (bicyclic) bond motifs is 1. The molecule has 4 heteroatoms. The molecule has 1 aliphatic heterocycles. The molecule has 156 valence electrons. The minimum atomic E-state index is -0.355. The highest BCUT2D eigenvalue weighted by Gasteiger charge is 2.40. The van der Waals surface area contributed by atoms with Crippen LogP contribution in [-0.4, -0.2) is 11.8 Å². The summed E-state index contributed by atoms with van der Waals surface area (Å²) in [6, 6.07) is 28.8. The number of hydrogen-bond donors (Lipinski definition) is 1. The summed E-state index contributed by atoms with van der Waals surface area (Å²) < 4.78 is 0. The van der Waals surface area contributed by atoms with Crippen molar-refractivity contribution in [2.45, 2.75) is 13.8 Å². The third-order valence-corrected chi connectivity index (χ3v) is 5.81. The van der Waals surface area contributed by atoms with Gasteiger partial charge in [-0.2, -0.15) is 0 Å². The molecule has 32 heavy (non-hydrogen) atoms. The first-order valence-corrected chi connectivity index (χ1v) is 10.5. The summed E-state index contributed by atoms with van der Waals surface area (Å²) in [4.78, 5) is 28.7. The number of nitrogens with zero attached hydrogens (tertiary/aromatic N) is 1. The molecule has 4 aromatic rings. The van der Waals surface area contributed by atoms with E-state index in [9.17, 15) is 9.59 Å². The van der Waals surface area contributed by atoms with Crippen molar-refractivity contribution in [3.8, 4) is 0 Å². The van der Waals surface area contributed by atoms with E-state index >= 15 is 0 Å². The van der Waals surface area contributed by atoms with E-state index in [4.69, 9.17) is 0 Å². The average Bonchev–Trinajstić information content (AvgIpc) is 3.05. The lowest BCUT2D eigenvalue weighted by atomic mass is 10.0. The number of imide groups is 1. The van der Waals surface area contributed by atoms with Gasteiger partial charge in [-0.1, -0.05) is 78.9 Å². The third kappa shape index (κ3) is 3.26. The van der Waals surface area contributed by atoms with Crippen molar-refractivity contribution in [1.29, 1.82) is 0 Å². The molecule has 0 radical (unpaired) electrons. The summed E-state index contributed by atoms with van der Waals surface area (Å²) >= 11 is 0. The molecule has 4 aromatic carbocycles. The van der Waals surface area contributed by atoms with Crippen LogP contribution in [0.2, 0.25) is 0 Å². The second-order valence-corrected chi connectivity index (χ2v) is 8.00. The minimum Gasteiger partial charge on any atom is -0.350 e. The van der Waals surface area contributed by atoms with Crippen LogP contribution in [-0.2, 0) is 9.59 Å². The van der Waals surface area contributed by atoms with Crippen molar-refractivity contribution in [2.24, 2.45) is 0 Å². The lowest BCUT2D eigenvalue weighted by molar-refractivity contribution is -0.120. The van der Waals surface area contributed by atoms with Gasteiger partial charge in [0, 0.05) is 11.1 Å². The van der Waals surface area contributed by atoms with Gasteiger partial charge in [-0.15, -0.1) is 0 Å². The van der Waals surface area contributed by atoms with E-state index in [0.717, 1.165) is 27.6 Å². The van der Waals surface area contributed by atoms with Gasteiger partial charge in [-0.3, -0.25) is 9.59 Å². The number of hydrogen-bond acceptors (Lipinski definition) is 3. The zero-order valence-corrected chi connectivity index (χ0v) is 17.9. The Morgan fingerprint density at radius 1 is 0.719 bits per heavy atom. The van der Waals surface area contributed by atoms with Crippen LogP contribution < -0.4 is 10.2 Å². The smallest absolute Gasteiger partial charge is 0.282 e. The molecular weight excluding hydrogens is 396 g/mol. The molecule has 0 aromatic heterocycles. The quantitative estimate of drug-likeness (QED) is 0.423. The fourth-order valence-electron chi connectivity index (χ4n) is 4.15. The standard InChI is InChI=1S/C28H22N2O2/c1-18-15-16-19(2)23(17-18)29-26-25(21-10-4-3-5-11-21)27(31)30(28(26)32)24-14-8-12-20-9-6-7-13-22(20)24/h3-17,29H,1-2H3. The van der Waals surface area contributed by atoms with E-state index in [2.05, 4.69) is 5.32 Å². The Bertz CT molecular complexity index is 1400. The molecule has 1 aliphatic rings. The molecule has 0 aliphatic carbocycles. The summed E-state index contributed by atoms with van der Waals surface area (Å²) in [6.07, 6.45) is 0. The highest BCUT2D eigenvalue weighted by Crippen LogP contribution is 2.37. The van der Waals surface area contributed by atoms with Crippen molar-refractivity contribution in [3.05, 3.63) is 113 Å². The number of rotatable bonds is 4. The Labute approximate surface area is 186 Å². The van der Waals surface area contributed by atoms with E-state index in [1.165, 1.54) is 4.90 Å². The molecule has 2 amide bonds. The van der Waals surface area contributed by atoms with Gasteiger partial charge in [0.1, 0.15) is 5.70 Å². The second kappa shape index (κ2) is 7.82. The fraction of sp³-hybridized carbons (Fsp3) is 0.0714. The SMILES string of the molecule is Cc1ccc(C)c(NC2=C(c3ccccc3)C(=O)N(c3cccc4ccccc34)C2=O)c1. The maximum Gasteiger partial charge on any atom is 0.282 e. The number of carbonyl (C=O) groups is 2. The summed E-state index contributed by atoms with van der Waals surface area (Å²) in [6.45, 7) is 3.98. The summed E-state index contributed by atoms with van der Waals surface area (Å²) in [5, 5.41) is 5.13. The number of aryl methyl sites for hydroxylation is 2. The lowest BCUT2D eigenvalue weighted by Crippen LogP contribution is -2.32. The van der Waals surface area contributed by atoms with Gasteiger partial charge < -0.3 is 5.32 Å². The number of amides is 2. The number of nitrogens with one attached hydrogen (secondary N) is 1. The van der Waals surface area contributed by atoms with Crippen LogP contribution in [0.15, 0.2) is 96.7 Å². The maximum atomic E-state index is 13.7. The van der Waals surface area contributed by atoms with Crippen LogP contribution in [0.5, 0.6) is 0 Å². The minimum absolute atomic E-state index is 0.294. The summed E-state index contributed by atoms with van der Waals surface area (Å²) in [5.41, 5.74) is 4.86. The van der Waals surface area contributed by atoms with Crippen molar-refractivity contribution < 1.29 is 9.59 Å². The van der Waals surface area contributed by atoms with Crippen molar-refractivity contribution in [3.63, 3.8) is 0 Å². The van der Waals surface area contributed by atoms with Gasteiger partial charge in [0.15, 0.2) is 0 Å². The van der Waals surface area contributed by atoms with Crippen molar-refractivity contribution >= 4 is 39.5 Å². The predicted molar refractivity (Wildman–Crippen MR) is 129 cm³/mol. The topological polar surface area (TPSA) is 49.4 Å². The monoisotopic (exact) mass is 418 g/mol. The molecular formula is C28H22N2O2. The molecule has 0 atom stereocenters. The van der Waals surface area contributed by atoms with Crippen LogP contribution >= 0.6 is 0 Å². The van der Waals surface area contributed by atoms with Crippen LogP contribution in [0.1, 0.15) is 16.7 Å². The summed E-state index contributed by atoms with van der Waals surface area (Å²) in [5.74, 6) is -0.684. The lowest BCUT2D eigenvalue weighted by Gasteiger charge is -2.18. The molecule has 1 heterocycles. The predicted octanol–water partition coefficient (Wildman–Crippen LogP) is 5.85. The molecule has 0 fully saturated rings. The van der Waals surface area contributed by atoms with Crippen molar-refractivity contribution in [2.75, 3.05) is 10.2 Å². The Morgan fingerprint density at radius 2 is 1.44 bits per heavy atom. The first-order chi connectivity index (χ1) is 15.5. The Kier molecular flexibility index (Phi) is 4.83. The molecule has 1 N–H and O–H groups in total. The van der Waals surface area contributed by atoms with Gasteiger partial charge in [0.05, 0.1) is 11.3 Å². The highest BCUT2D eigenvalue weighted by atomic mass is 16.2.